The van der Waals surface area contributed by atoms with Crippen molar-refractivity contribution in [2.75, 3.05) is 26.3 Å². The molecule has 2 amide bonds. The van der Waals surface area contributed by atoms with Gasteiger partial charge in [-0.1, -0.05) is 6.92 Å². The van der Waals surface area contributed by atoms with Gasteiger partial charge >= 0.3 is 0 Å². The molecule has 5 nitrogen and oxygen atoms in total. The van der Waals surface area contributed by atoms with E-state index in [0.717, 1.165) is 45.4 Å². The van der Waals surface area contributed by atoms with Crippen molar-refractivity contribution >= 4 is 11.8 Å². The van der Waals surface area contributed by atoms with Crippen LogP contribution in [-0.2, 0) is 14.3 Å². The van der Waals surface area contributed by atoms with Gasteiger partial charge in [-0.25, -0.2) is 0 Å². The summed E-state index contributed by atoms with van der Waals surface area (Å²) in [6.07, 6.45) is 3.71. The minimum Gasteiger partial charge on any atom is -0.381 e. The second-order valence-electron chi connectivity index (χ2n) is 6.75. The van der Waals surface area contributed by atoms with Gasteiger partial charge in [0.25, 0.3) is 0 Å². The van der Waals surface area contributed by atoms with Crippen molar-refractivity contribution < 1.29 is 14.3 Å². The lowest BCUT2D eigenvalue weighted by Crippen LogP contribution is -2.63. The fraction of sp³-hybridized carbons (Fsp3) is 0.867. The fourth-order valence-corrected chi connectivity index (χ4v) is 3.69. The summed E-state index contributed by atoms with van der Waals surface area (Å²) in [6.45, 7) is 7.04. The van der Waals surface area contributed by atoms with E-state index in [-0.39, 0.29) is 29.3 Å². The molecule has 0 spiro atoms. The van der Waals surface area contributed by atoms with Crippen LogP contribution in [0.3, 0.4) is 0 Å². The predicted molar refractivity (Wildman–Crippen MR) is 74.1 cm³/mol. The van der Waals surface area contributed by atoms with Crippen molar-refractivity contribution in [3.8, 4) is 0 Å². The molecule has 5 heteroatoms. The number of piperazine rings is 1. The molecular formula is C15H24N2O3. The Hall–Kier alpha value is -1.10. The zero-order valence-electron chi connectivity index (χ0n) is 12.4. The molecular weight excluding hydrogens is 256 g/mol. The third kappa shape index (κ3) is 2.22. The highest BCUT2D eigenvalue weighted by Crippen LogP contribution is 2.34. The lowest BCUT2D eigenvalue weighted by molar-refractivity contribution is -0.161. The summed E-state index contributed by atoms with van der Waals surface area (Å²) in [5.41, 5.74) is 0.0865. The highest BCUT2D eigenvalue weighted by molar-refractivity contribution is 5.97. The number of carbonyl (C=O) groups excluding carboxylic acids is 2. The highest BCUT2D eigenvalue weighted by atomic mass is 16.5. The number of fused-ring (bicyclic) bond motifs is 1. The lowest BCUT2D eigenvalue weighted by Gasteiger charge is -2.45. The lowest BCUT2D eigenvalue weighted by atomic mass is 9.81. The van der Waals surface area contributed by atoms with Crippen LogP contribution in [0.4, 0.5) is 0 Å². The van der Waals surface area contributed by atoms with Gasteiger partial charge < -0.3 is 14.5 Å². The SMILES string of the molecule is CC1C(=O)N2CCCC2C(=O)N1CC1(C)CCOCC1. The summed E-state index contributed by atoms with van der Waals surface area (Å²) in [5, 5.41) is 0. The zero-order valence-corrected chi connectivity index (χ0v) is 12.4. The number of ether oxygens (including phenoxy) is 1. The third-order valence-electron chi connectivity index (χ3n) is 5.18. The van der Waals surface area contributed by atoms with E-state index in [0.29, 0.717) is 6.54 Å². The summed E-state index contributed by atoms with van der Waals surface area (Å²) < 4.78 is 5.42. The van der Waals surface area contributed by atoms with Crippen LogP contribution in [0.5, 0.6) is 0 Å². The standard InChI is InChI=1S/C15H24N2O3/c1-11-13(18)16-7-3-4-12(16)14(19)17(11)10-15(2)5-8-20-9-6-15/h11-12H,3-10H2,1-2H3. The number of amides is 2. The first-order chi connectivity index (χ1) is 9.52. The predicted octanol–water partition coefficient (Wildman–Crippen LogP) is 1.02. The summed E-state index contributed by atoms with van der Waals surface area (Å²) in [5.74, 6) is 0.282. The molecule has 3 heterocycles. The Kier molecular flexibility index (Phi) is 3.48. The number of hydrogen-bond donors (Lipinski definition) is 0. The summed E-state index contributed by atoms with van der Waals surface area (Å²) in [4.78, 5) is 28.7. The van der Waals surface area contributed by atoms with E-state index in [1.54, 1.807) is 4.90 Å². The maximum Gasteiger partial charge on any atom is 0.246 e. The maximum atomic E-state index is 12.7. The Morgan fingerprint density at radius 2 is 1.95 bits per heavy atom. The van der Waals surface area contributed by atoms with Crippen molar-refractivity contribution in [3.63, 3.8) is 0 Å². The molecule has 0 N–H and O–H groups in total. The first-order valence-corrected chi connectivity index (χ1v) is 7.71. The van der Waals surface area contributed by atoms with Crippen LogP contribution in [0.2, 0.25) is 0 Å². The normalized spacial score (nSPS) is 33.5. The molecule has 2 unspecified atom stereocenters. The van der Waals surface area contributed by atoms with Gasteiger partial charge in [-0.05, 0) is 38.0 Å². The van der Waals surface area contributed by atoms with E-state index in [9.17, 15) is 9.59 Å². The number of nitrogens with zero attached hydrogens (tertiary/aromatic N) is 2. The van der Waals surface area contributed by atoms with E-state index in [4.69, 9.17) is 4.74 Å². The van der Waals surface area contributed by atoms with Gasteiger partial charge in [-0.15, -0.1) is 0 Å². The Morgan fingerprint density at radius 1 is 1.25 bits per heavy atom. The van der Waals surface area contributed by atoms with E-state index < -0.39 is 0 Å². The molecule has 0 radical (unpaired) electrons. The Labute approximate surface area is 120 Å². The quantitative estimate of drug-likeness (QED) is 0.759. The Bertz CT molecular complexity index is 417. The van der Waals surface area contributed by atoms with Gasteiger partial charge in [0.15, 0.2) is 0 Å². The topological polar surface area (TPSA) is 49.9 Å². The van der Waals surface area contributed by atoms with Crippen molar-refractivity contribution in [3.05, 3.63) is 0 Å². The summed E-state index contributed by atoms with van der Waals surface area (Å²) >= 11 is 0. The molecule has 20 heavy (non-hydrogen) atoms. The Balaban J connectivity index is 1.77. The van der Waals surface area contributed by atoms with E-state index in [2.05, 4.69) is 6.92 Å². The minimum absolute atomic E-state index is 0.0865. The molecule has 0 aliphatic carbocycles. The number of carbonyl (C=O) groups is 2. The maximum absolute atomic E-state index is 12.7. The second kappa shape index (κ2) is 5.02. The van der Waals surface area contributed by atoms with Crippen LogP contribution in [0.15, 0.2) is 0 Å². The molecule has 3 rings (SSSR count). The molecule has 112 valence electrons. The average Bonchev–Trinajstić information content (AvgIpc) is 2.92. The van der Waals surface area contributed by atoms with Gasteiger partial charge in [-0.2, -0.15) is 0 Å². The largest absolute Gasteiger partial charge is 0.381 e. The van der Waals surface area contributed by atoms with Crippen LogP contribution in [-0.4, -0.2) is 60.0 Å². The van der Waals surface area contributed by atoms with Crippen molar-refractivity contribution in [1.82, 2.24) is 9.80 Å². The van der Waals surface area contributed by atoms with Gasteiger partial charge in [0.2, 0.25) is 11.8 Å². The van der Waals surface area contributed by atoms with E-state index >= 15 is 0 Å². The molecule has 3 fully saturated rings. The fourth-order valence-electron chi connectivity index (χ4n) is 3.69. The molecule has 0 bridgehead atoms. The van der Waals surface area contributed by atoms with Crippen LogP contribution >= 0.6 is 0 Å². The average molecular weight is 280 g/mol. The van der Waals surface area contributed by atoms with Crippen LogP contribution in [0.1, 0.15) is 39.5 Å². The third-order valence-corrected chi connectivity index (χ3v) is 5.18. The van der Waals surface area contributed by atoms with Crippen LogP contribution < -0.4 is 0 Å². The van der Waals surface area contributed by atoms with Crippen molar-refractivity contribution in [2.24, 2.45) is 5.41 Å². The molecule has 0 aromatic heterocycles. The van der Waals surface area contributed by atoms with Gasteiger partial charge in [-0.3, -0.25) is 9.59 Å². The van der Waals surface area contributed by atoms with Gasteiger partial charge in [0, 0.05) is 26.3 Å². The molecule has 3 saturated heterocycles. The van der Waals surface area contributed by atoms with Crippen LogP contribution in [0, 0.1) is 5.41 Å². The first-order valence-electron chi connectivity index (χ1n) is 7.71. The van der Waals surface area contributed by atoms with E-state index in [1.165, 1.54) is 0 Å². The summed E-state index contributed by atoms with van der Waals surface area (Å²) in [6, 6.07) is -0.501. The molecule has 3 aliphatic rings. The number of rotatable bonds is 2. The number of hydrogen-bond acceptors (Lipinski definition) is 3. The van der Waals surface area contributed by atoms with Gasteiger partial charge in [0.1, 0.15) is 12.1 Å². The minimum atomic E-state index is -0.309. The molecule has 0 aromatic rings. The van der Waals surface area contributed by atoms with Gasteiger partial charge in [0.05, 0.1) is 0 Å². The van der Waals surface area contributed by atoms with Crippen LogP contribution in [0.25, 0.3) is 0 Å². The second-order valence-corrected chi connectivity index (χ2v) is 6.75. The molecule has 0 aromatic carbocycles. The van der Waals surface area contributed by atoms with E-state index in [1.807, 2.05) is 11.8 Å². The first kappa shape index (κ1) is 13.9. The van der Waals surface area contributed by atoms with Crippen molar-refractivity contribution in [2.45, 2.75) is 51.6 Å². The smallest absolute Gasteiger partial charge is 0.246 e. The molecule has 3 aliphatic heterocycles. The summed E-state index contributed by atoms with van der Waals surface area (Å²) in [7, 11) is 0. The van der Waals surface area contributed by atoms with Crippen molar-refractivity contribution in [1.29, 1.82) is 0 Å². The highest BCUT2D eigenvalue weighted by Gasteiger charge is 2.47. The molecule has 2 atom stereocenters. The zero-order chi connectivity index (χ0) is 14.3. The molecule has 0 saturated carbocycles. The monoisotopic (exact) mass is 280 g/mol. The Morgan fingerprint density at radius 3 is 2.65 bits per heavy atom.